The number of rotatable bonds is 2. The van der Waals surface area contributed by atoms with Crippen LogP contribution < -0.4 is 5.73 Å². The van der Waals surface area contributed by atoms with E-state index in [1.807, 2.05) is 13.1 Å². The second-order valence-electron chi connectivity index (χ2n) is 3.57. The Kier molecular flexibility index (Phi) is 2.81. The number of likely N-dealkylation sites (tertiary alicyclic amines) is 1. The van der Waals surface area contributed by atoms with Crippen LogP contribution in [0.1, 0.15) is 6.42 Å². The average Bonchev–Trinajstić information content (AvgIpc) is 2.53. The topological polar surface area (TPSA) is 59.2 Å². The van der Waals surface area contributed by atoms with Crippen LogP contribution in [0.15, 0.2) is 23.4 Å². The molecule has 2 rings (SSSR count). The molecule has 1 aliphatic heterocycles. The first-order chi connectivity index (χ1) is 7.18. The van der Waals surface area contributed by atoms with Gasteiger partial charge < -0.3 is 10.6 Å². The zero-order chi connectivity index (χ0) is 10.8. The summed E-state index contributed by atoms with van der Waals surface area (Å²) in [5.74, 6) is 0.191. The van der Waals surface area contributed by atoms with Crippen molar-refractivity contribution in [2.45, 2.75) is 16.6 Å². The number of aromatic nitrogens is 1. The molecule has 0 aromatic carbocycles. The minimum absolute atomic E-state index is 0.0136. The molecule has 80 valence electrons. The lowest BCUT2D eigenvalue weighted by Gasteiger charge is -2.10. The fourth-order valence-corrected chi connectivity index (χ4v) is 2.69. The van der Waals surface area contributed by atoms with E-state index in [-0.39, 0.29) is 11.2 Å². The number of nitrogens with two attached hydrogens (primary N) is 1. The molecule has 15 heavy (non-hydrogen) atoms. The third kappa shape index (κ3) is 2.07. The van der Waals surface area contributed by atoms with Crippen molar-refractivity contribution >= 4 is 23.4 Å². The van der Waals surface area contributed by atoms with Gasteiger partial charge in [-0.25, -0.2) is 0 Å². The number of pyridine rings is 1. The fourth-order valence-electron chi connectivity index (χ4n) is 1.55. The number of carbonyl (C=O) groups is 1. The van der Waals surface area contributed by atoms with Crippen molar-refractivity contribution < 1.29 is 4.79 Å². The third-order valence-electron chi connectivity index (χ3n) is 2.46. The molecule has 5 heteroatoms. The smallest absolute Gasteiger partial charge is 0.235 e. The molecule has 1 fully saturated rings. The van der Waals surface area contributed by atoms with Gasteiger partial charge in [-0.15, -0.1) is 11.8 Å². The Balaban J connectivity index is 2.10. The normalized spacial score (nSPS) is 21.0. The number of hydrogen-bond acceptors (Lipinski definition) is 4. The van der Waals surface area contributed by atoms with Crippen LogP contribution in [-0.2, 0) is 4.79 Å². The molecule has 1 saturated heterocycles. The highest BCUT2D eigenvalue weighted by Gasteiger charge is 2.30. The Labute approximate surface area is 92.9 Å². The zero-order valence-corrected chi connectivity index (χ0v) is 9.33. The lowest BCUT2D eigenvalue weighted by molar-refractivity contribution is -0.126. The van der Waals surface area contributed by atoms with Crippen molar-refractivity contribution in [3.8, 4) is 0 Å². The van der Waals surface area contributed by atoms with E-state index in [9.17, 15) is 4.79 Å². The first-order valence-electron chi connectivity index (χ1n) is 4.79. The molecule has 1 atom stereocenters. The molecule has 1 aliphatic rings. The first kappa shape index (κ1) is 10.3. The largest absolute Gasteiger partial charge is 0.397 e. The number of nitrogens with zero attached hydrogens (tertiary/aromatic N) is 2. The number of nitrogen functional groups attached to an aromatic ring is 1. The Morgan fingerprint density at radius 1 is 1.67 bits per heavy atom. The van der Waals surface area contributed by atoms with Gasteiger partial charge >= 0.3 is 0 Å². The minimum atomic E-state index is 0.0136. The van der Waals surface area contributed by atoms with Crippen LogP contribution in [-0.4, -0.2) is 34.6 Å². The molecular weight excluding hydrogens is 210 g/mol. The summed E-state index contributed by atoms with van der Waals surface area (Å²) >= 11 is 1.53. The minimum Gasteiger partial charge on any atom is -0.397 e. The van der Waals surface area contributed by atoms with Gasteiger partial charge in [-0.05, 0) is 12.5 Å². The molecule has 1 amide bonds. The summed E-state index contributed by atoms with van der Waals surface area (Å²) in [6.07, 6.45) is 4.20. The highest BCUT2D eigenvalue weighted by Crippen LogP contribution is 2.32. The number of thioether (sulfide) groups is 1. The summed E-state index contributed by atoms with van der Waals surface area (Å²) in [4.78, 5) is 18.3. The second kappa shape index (κ2) is 4.10. The quantitative estimate of drug-likeness (QED) is 0.812. The Morgan fingerprint density at radius 3 is 3.07 bits per heavy atom. The van der Waals surface area contributed by atoms with Crippen molar-refractivity contribution in [1.29, 1.82) is 0 Å². The van der Waals surface area contributed by atoms with E-state index in [4.69, 9.17) is 5.73 Å². The lowest BCUT2D eigenvalue weighted by atomic mass is 10.4. The molecule has 0 saturated carbocycles. The highest BCUT2D eigenvalue weighted by molar-refractivity contribution is 8.00. The Bertz CT molecular complexity index is 383. The SMILES string of the molecule is CN1CCC(Sc2ccncc2N)C1=O. The Hall–Kier alpha value is -1.23. The molecule has 2 heterocycles. The van der Waals surface area contributed by atoms with E-state index in [0.29, 0.717) is 5.69 Å². The summed E-state index contributed by atoms with van der Waals surface area (Å²) in [6, 6.07) is 1.85. The van der Waals surface area contributed by atoms with Crippen LogP contribution in [0.2, 0.25) is 0 Å². The van der Waals surface area contributed by atoms with E-state index < -0.39 is 0 Å². The van der Waals surface area contributed by atoms with E-state index in [0.717, 1.165) is 17.9 Å². The summed E-state index contributed by atoms with van der Waals surface area (Å²) in [5.41, 5.74) is 6.41. The van der Waals surface area contributed by atoms with E-state index in [1.54, 1.807) is 17.3 Å². The number of anilines is 1. The molecule has 0 bridgehead atoms. The molecule has 4 nitrogen and oxygen atoms in total. The Morgan fingerprint density at radius 2 is 2.47 bits per heavy atom. The first-order valence-corrected chi connectivity index (χ1v) is 5.67. The molecular formula is C10H13N3OS. The molecule has 1 unspecified atom stereocenters. The van der Waals surface area contributed by atoms with Crippen molar-refractivity contribution in [1.82, 2.24) is 9.88 Å². The molecule has 0 aliphatic carbocycles. The van der Waals surface area contributed by atoms with Gasteiger partial charge in [0, 0.05) is 24.7 Å². The molecule has 0 spiro atoms. The van der Waals surface area contributed by atoms with Crippen LogP contribution in [0, 0.1) is 0 Å². The van der Waals surface area contributed by atoms with Crippen molar-refractivity contribution in [2.75, 3.05) is 19.3 Å². The number of hydrogen-bond donors (Lipinski definition) is 1. The van der Waals surface area contributed by atoms with Gasteiger partial charge in [-0.2, -0.15) is 0 Å². The molecule has 1 aromatic rings. The summed E-state index contributed by atoms with van der Waals surface area (Å²) < 4.78 is 0. The maximum Gasteiger partial charge on any atom is 0.235 e. The van der Waals surface area contributed by atoms with E-state index in [2.05, 4.69) is 4.98 Å². The maximum absolute atomic E-state index is 11.7. The summed E-state index contributed by atoms with van der Waals surface area (Å²) in [6.45, 7) is 0.835. The van der Waals surface area contributed by atoms with Gasteiger partial charge in [0.25, 0.3) is 0 Å². The third-order valence-corrected chi connectivity index (χ3v) is 3.81. The van der Waals surface area contributed by atoms with Gasteiger partial charge in [-0.1, -0.05) is 0 Å². The van der Waals surface area contributed by atoms with E-state index in [1.165, 1.54) is 11.8 Å². The van der Waals surface area contributed by atoms with Crippen LogP contribution in [0.5, 0.6) is 0 Å². The standard InChI is InChI=1S/C10H13N3OS/c1-13-5-3-9(10(13)14)15-8-2-4-12-6-7(8)11/h2,4,6,9H,3,5,11H2,1H3. The predicted octanol–water partition coefficient (Wildman–Crippen LogP) is 0.987. The van der Waals surface area contributed by atoms with Crippen LogP contribution in [0.25, 0.3) is 0 Å². The summed E-state index contributed by atoms with van der Waals surface area (Å²) in [7, 11) is 1.83. The predicted molar refractivity (Wildman–Crippen MR) is 60.5 cm³/mol. The highest BCUT2D eigenvalue weighted by atomic mass is 32.2. The average molecular weight is 223 g/mol. The fraction of sp³-hybridized carbons (Fsp3) is 0.400. The zero-order valence-electron chi connectivity index (χ0n) is 8.51. The monoisotopic (exact) mass is 223 g/mol. The van der Waals surface area contributed by atoms with Crippen LogP contribution in [0.3, 0.4) is 0 Å². The van der Waals surface area contributed by atoms with E-state index >= 15 is 0 Å². The van der Waals surface area contributed by atoms with Crippen LogP contribution >= 0.6 is 11.8 Å². The number of amides is 1. The van der Waals surface area contributed by atoms with Gasteiger partial charge in [-0.3, -0.25) is 9.78 Å². The maximum atomic E-state index is 11.7. The molecule has 0 radical (unpaired) electrons. The number of carbonyl (C=O) groups excluding carboxylic acids is 1. The molecule has 1 aromatic heterocycles. The van der Waals surface area contributed by atoms with Crippen molar-refractivity contribution in [3.63, 3.8) is 0 Å². The van der Waals surface area contributed by atoms with Crippen molar-refractivity contribution in [3.05, 3.63) is 18.5 Å². The van der Waals surface area contributed by atoms with Crippen LogP contribution in [0.4, 0.5) is 5.69 Å². The molecule has 2 N–H and O–H groups in total. The summed E-state index contributed by atoms with van der Waals surface area (Å²) in [5, 5.41) is 0.0136. The van der Waals surface area contributed by atoms with Gasteiger partial charge in [0.05, 0.1) is 17.1 Å². The lowest BCUT2D eigenvalue weighted by Crippen LogP contribution is -2.23. The van der Waals surface area contributed by atoms with Gasteiger partial charge in [0.15, 0.2) is 0 Å². The van der Waals surface area contributed by atoms with Gasteiger partial charge in [0.1, 0.15) is 0 Å². The van der Waals surface area contributed by atoms with Gasteiger partial charge in [0.2, 0.25) is 5.91 Å². The second-order valence-corrected chi connectivity index (χ2v) is 4.81. The van der Waals surface area contributed by atoms with Crippen molar-refractivity contribution in [2.24, 2.45) is 0 Å².